The van der Waals surface area contributed by atoms with E-state index in [9.17, 15) is 9.90 Å². The molecule has 0 atom stereocenters. The maximum atomic E-state index is 11.1. The van der Waals surface area contributed by atoms with Gasteiger partial charge in [0.15, 0.2) is 0 Å². The third kappa shape index (κ3) is 1.56. The van der Waals surface area contributed by atoms with Crippen molar-refractivity contribution >= 4 is 11.7 Å². The van der Waals surface area contributed by atoms with Crippen LogP contribution in [0.1, 0.15) is 15.9 Å². The highest BCUT2D eigenvalue weighted by molar-refractivity contribution is 5.96. The molecule has 1 aromatic rings. The number of carbonyl (C=O) groups is 1. The van der Waals surface area contributed by atoms with E-state index in [1.807, 2.05) is 0 Å². The summed E-state index contributed by atoms with van der Waals surface area (Å²) in [5.74, 6) is -0.425. The Balaban J connectivity index is 3.26. The number of benzene rings is 1. The van der Waals surface area contributed by atoms with Gasteiger partial charge < -0.3 is 15.6 Å². The van der Waals surface area contributed by atoms with Crippen LogP contribution in [0.15, 0.2) is 12.1 Å². The Labute approximate surface area is 75.9 Å². The molecule has 0 heterocycles. The lowest BCUT2D eigenvalue weighted by Gasteiger charge is -2.07. The molecule has 0 spiro atoms. The summed E-state index contributed by atoms with van der Waals surface area (Å²) in [6.45, 7) is 1.64. The molecule has 0 saturated heterocycles. The number of methoxy groups -OCH3 is 1. The molecule has 3 N–H and O–H groups in total. The highest BCUT2D eigenvalue weighted by atomic mass is 16.5. The number of esters is 1. The molecule has 0 aliphatic heterocycles. The van der Waals surface area contributed by atoms with E-state index in [1.165, 1.54) is 19.2 Å². The lowest BCUT2D eigenvalue weighted by molar-refractivity contribution is 0.0602. The summed E-state index contributed by atoms with van der Waals surface area (Å²) < 4.78 is 4.51. The van der Waals surface area contributed by atoms with Crippen LogP contribution in [0.3, 0.4) is 0 Å². The van der Waals surface area contributed by atoms with Crippen molar-refractivity contribution < 1.29 is 14.6 Å². The van der Waals surface area contributed by atoms with E-state index < -0.39 is 5.97 Å². The van der Waals surface area contributed by atoms with E-state index in [-0.39, 0.29) is 17.0 Å². The van der Waals surface area contributed by atoms with Crippen LogP contribution < -0.4 is 5.73 Å². The molecule has 0 saturated carbocycles. The number of hydrogen-bond acceptors (Lipinski definition) is 4. The lowest BCUT2D eigenvalue weighted by atomic mass is 10.1. The average molecular weight is 181 g/mol. The molecule has 70 valence electrons. The standard InChI is InChI=1S/C9H11NO3/c1-5-7(11)4-3-6(8(5)10)9(12)13-2/h3-4,11H,10H2,1-2H3. The van der Waals surface area contributed by atoms with Crippen molar-refractivity contribution in [2.45, 2.75) is 6.92 Å². The first-order chi connectivity index (χ1) is 6.07. The molecule has 0 unspecified atom stereocenters. The third-order valence-electron chi connectivity index (χ3n) is 1.89. The molecule has 0 aliphatic carbocycles. The maximum absolute atomic E-state index is 11.1. The highest BCUT2D eigenvalue weighted by Crippen LogP contribution is 2.25. The van der Waals surface area contributed by atoms with Gasteiger partial charge in [-0.05, 0) is 19.1 Å². The van der Waals surface area contributed by atoms with Gasteiger partial charge in [-0.2, -0.15) is 0 Å². The van der Waals surface area contributed by atoms with Gasteiger partial charge in [0.25, 0.3) is 0 Å². The summed E-state index contributed by atoms with van der Waals surface area (Å²) in [4.78, 5) is 11.1. The molecule has 1 rings (SSSR count). The number of rotatable bonds is 1. The van der Waals surface area contributed by atoms with Gasteiger partial charge in [0.2, 0.25) is 0 Å². The fraction of sp³-hybridized carbons (Fsp3) is 0.222. The van der Waals surface area contributed by atoms with Crippen LogP contribution in [0.4, 0.5) is 5.69 Å². The minimum absolute atomic E-state index is 0.0742. The predicted octanol–water partition coefficient (Wildman–Crippen LogP) is 1.07. The van der Waals surface area contributed by atoms with Crippen molar-refractivity contribution in [1.82, 2.24) is 0 Å². The van der Waals surface area contributed by atoms with Gasteiger partial charge in [0, 0.05) is 5.56 Å². The first-order valence-electron chi connectivity index (χ1n) is 3.74. The molecule has 0 fully saturated rings. The molecule has 0 aliphatic rings. The predicted molar refractivity (Wildman–Crippen MR) is 48.6 cm³/mol. The third-order valence-corrected chi connectivity index (χ3v) is 1.89. The highest BCUT2D eigenvalue weighted by Gasteiger charge is 2.12. The van der Waals surface area contributed by atoms with Gasteiger partial charge in [0.1, 0.15) is 5.75 Å². The SMILES string of the molecule is COC(=O)c1ccc(O)c(C)c1N. The number of aromatic hydroxyl groups is 1. The van der Waals surface area contributed by atoms with E-state index in [4.69, 9.17) is 5.73 Å². The molecule has 0 radical (unpaired) electrons. The average Bonchev–Trinajstić information content (AvgIpc) is 2.13. The Hall–Kier alpha value is -1.71. The monoisotopic (exact) mass is 181 g/mol. The van der Waals surface area contributed by atoms with Gasteiger partial charge in [-0.3, -0.25) is 0 Å². The number of carbonyl (C=O) groups excluding carboxylic acids is 1. The van der Waals surface area contributed by atoms with Crippen molar-refractivity contribution in [3.63, 3.8) is 0 Å². The Bertz CT molecular complexity index is 347. The Morgan fingerprint density at radius 3 is 2.69 bits per heavy atom. The second-order valence-electron chi connectivity index (χ2n) is 2.66. The number of hydrogen-bond donors (Lipinski definition) is 2. The first kappa shape index (κ1) is 9.38. The lowest BCUT2D eigenvalue weighted by Crippen LogP contribution is -2.06. The smallest absolute Gasteiger partial charge is 0.339 e. The van der Waals surface area contributed by atoms with Crippen molar-refractivity contribution in [3.05, 3.63) is 23.3 Å². The molecule has 0 amide bonds. The zero-order valence-electron chi connectivity index (χ0n) is 7.50. The summed E-state index contributed by atoms with van der Waals surface area (Å²) in [6.07, 6.45) is 0. The molecule has 0 bridgehead atoms. The largest absolute Gasteiger partial charge is 0.508 e. The van der Waals surface area contributed by atoms with Crippen LogP contribution in [0.5, 0.6) is 5.75 Å². The van der Waals surface area contributed by atoms with E-state index in [0.717, 1.165) is 0 Å². The van der Waals surface area contributed by atoms with Crippen LogP contribution in [-0.4, -0.2) is 18.2 Å². The van der Waals surface area contributed by atoms with Crippen LogP contribution in [0.25, 0.3) is 0 Å². The first-order valence-corrected chi connectivity index (χ1v) is 3.74. The summed E-state index contributed by atoms with van der Waals surface area (Å²) in [5.41, 5.74) is 6.62. The Morgan fingerprint density at radius 2 is 2.15 bits per heavy atom. The fourth-order valence-electron chi connectivity index (χ4n) is 1.00. The molecule has 1 aromatic carbocycles. The Morgan fingerprint density at radius 1 is 1.54 bits per heavy atom. The topological polar surface area (TPSA) is 72.5 Å². The zero-order valence-corrected chi connectivity index (χ0v) is 7.50. The zero-order chi connectivity index (χ0) is 10.0. The van der Waals surface area contributed by atoms with Crippen LogP contribution >= 0.6 is 0 Å². The summed E-state index contributed by atoms with van der Waals surface area (Å²) >= 11 is 0. The number of nitrogens with two attached hydrogens (primary N) is 1. The quantitative estimate of drug-likeness (QED) is 0.502. The van der Waals surface area contributed by atoms with Gasteiger partial charge >= 0.3 is 5.97 Å². The van der Waals surface area contributed by atoms with Crippen molar-refractivity contribution in [1.29, 1.82) is 0 Å². The number of phenolic OH excluding ortho intramolecular Hbond substituents is 1. The van der Waals surface area contributed by atoms with Crippen LogP contribution in [-0.2, 0) is 4.74 Å². The number of phenols is 1. The van der Waals surface area contributed by atoms with E-state index in [1.54, 1.807) is 6.92 Å². The second-order valence-corrected chi connectivity index (χ2v) is 2.66. The summed E-state index contributed by atoms with van der Waals surface area (Å²) in [5, 5.41) is 9.25. The molecular formula is C9H11NO3. The number of nitrogen functional groups attached to an aromatic ring is 1. The van der Waals surface area contributed by atoms with Crippen molar-refractivity contribution in [2.75, 3.05) is 12.8 Å². The second kappa shape index (κ2) is 3.35. The fourth-order valence-corrected chi connectivity index (χ4v) is 1.00. The Kier molecular flexibility index (Phi) is 2.41. The van der Waals surface area contributed by atoms with Gasteiger partial charge in [-0.15, -0.1) is 0 Å². The summed E-state index contributed by atoms with van der Waals surface area (Å²) in [7, 11) is 1.28. The van der Waals surface area contributed by atoms with E-state index >= 15 is 0 Å². The van der Waals surface area contributed by atoms with Crippen molar-refractivity contribution in [2.24, 2.45) is 0 Å². The van der Waals surface area contributed by atoms with E-state index in [2.05, 4.69) is 4.74 Å². The van der Waals surface area contributed by atoms with Crippen LogP contribution in [0, 0.1) is 6.92 Å². The van der Waals surface area contributed by atoms with Gasteiger partial charge in [-0.1, -0.05) is 0 Å². The van der Waals surface area contributed by atoms with Gasteiger partial charge in [-0.25, -0.2) is 4.79 Å². The van der Waals surface area contributed by atoms with Crippen LogP contribution in [0.2, 0.25) is 0 Å². The molecule has 4 heteroatoms. The minimum Gasteiger partial charge on any atom is -0.508 e. The molecular weight excluding hydrogens is 170 g/mol. The minimum atomic E-state index is -0.499. The normalized spacial score (nSPS) is 9.69. The molecule has 4 nitrogen and oxygen atoms in total. The molecule has 13 heavy (non-hydrogen) atoms. The number of ether oxygens (including phenoxy) is 1. The van der Waals surface area contributed by atoms with E-state index in [0.29, 0.717) is 5.56 Å². The van der Waals surface area contributed by atoms with Gasteiger partial charge in [0.05, 0.1) is 18.4 Å². The maximum Gasteiger partial charge on any atom is 0.339 e. The summed E-state index contributed by atoms with van der Waals surface area (Å²) in [6, 6.07) is 2.85. The number of anilines is 1. The molecule has 0 aromatic heterocycles. The van der Waals surface area contributed by atoms with Crippen molar-refractivity contribution in [3.8, 4) is 5.75 Å².